The predicted octanol–water partition coefficient (Wildman–Crippen LogP) is 1.54. The van der Waals surface area contributed by atoms with E-state index in [-0.39, 0.29) is 5.56 Å². The van der Waals surface area contributed by atoms with Gasteiger partial charge in [0.1, 0.15) is 11.3 Å². The van der Waals surface area contributed by atoms with Crippen LogP contribution in [0.15, 0.2) is 23.0 Å². The lowest BCUT2D eigenvalue weighted by Crippen LogP contribution is -2.19. The number of carbonyl (C=O) groups is 1. The van der Waals surface area contributed by atoms with Gasteiger partial charge in [-0.2, -0.15) is 0 Å². The smallest absolute Gasteiger partial charge is 0.341 e. The van der Waals surface area contributed by atoms with Crippen molar-refractivity contribution < 1.29 is 14.6 Å². The zero-order valence-electron chi connectivity index (χ0n) is 9.40. The van der Waals surface area contributed by atoms with Gasteiger partial charge in [0.2, 0.25) is 0 Å². The van der Waals surface area contributed by atoms with E-state index >= 15 is 0 Å². The Bertz CT molecular complexity index is 657. The van der Waals surface area contributed by atoms with E-state index in [0.29, 0.717) is 22.2 Å². The molecule has 0 aliphatic rings. The van der Waals surface area contributed by atoms with Crippen LogP contribution in [0, 0.1) is 6.92 Å². The third-order valence-corrected chi connectivity index (χ3v) is 2.70. The molecule has 1 aromatic carbocycles. The maximum atomic E-state index is 11.7. The number of aryl methyl sites for hydroxylation is 1. The summed E-state index contributed by atoms with van der Waals surface area (Å²) in [5, 5.41) is 9.65. The summed E-state index contributed by atoms with van der Waals surface area (Å²) < 4.78 is 5.12. The molecule has 0 fully saturated rings. The molecule has 0 radical (unpaired) electrons. The number of methoxy groups -OCH3 is 1. The minimum absolute atomic E-state index is 0.231. The van der Waals surface area contributed by atoms with Crippen LogP contribution in [-0.2, 0) is 0 Å². The van der Waals surface area contributed by atoms with Crippen molar-refractivity contribution in [2.24, 2.45) is 0 Å². The quantitative estimate of drug-likeness (QED) is 0.824. The third-order valence-electron chi connectivity index (χ3n) is 2.70. The Kier molecular flexibility index (Phi) is 2.59. The summed E-state index contributed by atoms with van der Waals surface area (Å²) in [6.45, 7) is 1.61. The van der Waals surface area contributed by atoms with Crippen LogP contribution >= 0.6 is 0 Å². The Labute approximate surface area is 96.7 Å². The molecule has 2 rings (SSSR count). The van der Waals surface area contributed by atoms with Crippen LogP contribution < -0.4 is 10.3 Å². The largest absolute Gasteiger partial charge is 0.495 e. The second-order valence-corrected chi connectivity index (χ2v) is 3.64. The minimum atomic E-state index is -1.23. The third kappa shape index (κ3) is 1.65. The van der Waals surface area contributed by atoms with Crippen molar-refractivity contribution in [3.63, 3.8) is 0 Å². The van der Waals surface area contributed by atoms with Gasteiger partial charge < -0.3 is 14.8 Å². The Morgan fingerprint density at radius 3 is 2.71 bits per heavy atom. The van der Waals surface area contributed by atoms with Gasteiger partial charge in [-0.3, -0.25) is 4.79 Å². The van der Waals surface area contributed by atoms with Crippen molar-refractivity contribution in [3.8, 4) is 5.75 Å². The Balaban J connectivity index is 2.96. The lowest BCUT2D eigenvalue weighted by Gasteiger charge is -2.08. The average Bonchev–Trinajstić information content (AvgIpc) is 2.28. The maximum absolute atomic E-state index is 11.7. The SMILES string of the molecule is COc1cccc2c(C)c(C(=O)O)c(=O)[nH]c12. The highest BCUT2D eigenvalue weighted by Gasteiger charge is 2.16. The molecular weight excluding hydrogens is 222 g/mol. The molecule has 0 aliphatic carbocycles. The normalized spacial score (nSPS) is 10.5. The molecule has 0 atom stereocenters. The first-order valence-electron chi connectivity index (χ1n) is 4.99. The fraction of sp³-hybridized carbons (Fsp3) is 0.167. The number of para-hydroxylation sites is 1. The number of pyridine rings is 1. The van der Waals surface area contributed by atoms with Crippen LogP contribution in [0.4, 0.5) is 0 Å². The number of aromatic amines is 1. The fourth-order valence-electron chi connectivity index (χ4n) is 1.88. The minimum Gasteiger partial charge on any atom is -0.495 e. The monoisotopic (exact) mass is 233 g/mol. The van der Waals surface area contributed by atoms with Crippen LogP contribution in [0.1, 0.15) is 15.9 Å². The molecule has 17 heavy (non-hydrogen) atoms. The van der Waals surface area contributed by atoms with Crippen molar-refractivity contribution in [2.75, 3.05) is 7.11 Å². The second kappa shape index (κ2) is 3.93. The predicted molar refractivity (Wildman–Crippen MR) is 62.8 cm³/mol. The molecule has 88 valence electrons. The fourth-order valence-corrected chi connectivity index (χ4v) is 1.88. The van der Waals surface area contributed by atoms with E-state index in [0.717, 1.165) is 0 Å². The summed E-state index contributed by atoms with van der Waals surface area (Å²) in [4.78, 5) is 25.2. The number of benzene rings is 1. The number of rotatable bonds is 2. The number of hydrogen-bond acceptors (Lipinski definition) is 3. The summed E-state index contributed by atoms with van der Waals surface area (Å²) >= 11 is 0. The molecule has 0 unspecified atom stereocenters. The molecule has 0 saturated carbocycles. The van der Waals surface area contributed by atoms with E-state index in [1.165, 1.54) is 7.11 Å². The van der Waals surface area contributed by atoms with Gasteiger partial charge >= 0.3 is 5.97 Å². The van der Waals surface area contributed by atoms with Crippen LogP contribution in [0.2, 0.25) is 0 Å². The van der Waals surface area contributed by atoms with Crippen molar-refractivity contribution in [1.29, 1.82) is 0 Å². The number of hydrogen-bond donors (Lipinski definition) is 2. The highest BCUT2D eigenvalue weighted by Crippen LogP contribution is 2.25. The van der Waals surface area contributed by atoms with Gasteiger partial charge in [0, 0.05) is 5.39 Å². The summed E-state index contributed by atoms with van der Waals surface area (Å²) in [5.41, 5.74) is 0.107. The van der Waals surface area contributed by atoms with Gasteiger partial charge in [-0.05, 0) is 18.6 Å². The summed E-state index contributed by atoms with van der Waals surface area (Å²) in [6.07, 6.45) is 0. The maximum Gasteiger partial charge on any atom is 0.341 e. The molecule has 1 aromatic heterocycles. The highest BCUT2D eigenvalue weighted by molar-refractivity contribution is 5.97. The van der Waals surface area contributed by atoms with E-state index in [1.54, 1.807) is 25.1 Å². The number of carboxylic acids is 1. The lowest BCUT2D eigenvalue weighted by molar-refractivity contribution is 0.0694. The highest BCUT2D eigenvalue weighted by atomic mass is 16.5. The van der Waals surface area contributed by atoms with Crippen LogP contribution in [0.25, 0.3) is 10.9 Å². The second-order valence-electron chi connectivity index (χ2n) is 3.64. The van der Waals surface area contributed by atoms with Gasteiger partial charge in [-0.15, -0.1) is 0 Å². The summed E-state index contributed by atoms with van der Waals surface area (Å²) in [5.74, 6) is -0.715. The van der Waals surface area contributed by atoms with Crippen LogP contribution in [-0.4, -0.2) is 23.2 Å². The number of ether oxygens (including phenoxy) is 1. The molecule has 5 nitrogen and oxygen atoms in total. The molecule has 2 N–H and O–H groups in total. The van der Waals surface area contributed by atoms with Crippen LogP contribution in [0.5, 0.6) is 5.75 Å². The summed E-state index contributed by atoms with van der Waals surface area (Å²) in [7, 11) is 1.49. The van der Waals surface area contributed by atoms with Gasteiger partial charge in [0.05, 0.1) is 12.6 Å². The molecule has 5 heteroatoms. The van der Waals surface area contributed by atoms with Crippen LogP contribution in [0.3, 0.4) is 0 Å². The van der Waals surface area contributed by atoms with Crippen molar-refractivity contribution in [2.45, 2.75) is 6.92 Å². The number of fused-ring (bicyclic) bond motifs is 1. The van der Waals surface area contributed by atoms with Gasteiger partial charge in [-0.25, -0.2) is 4.79 Å². The Hall–Kier alpha value is -2.30. The molecule has 0 bridgehead atoms. The van der Waals surface area contributed by atoms with Crippen molar-refractivity contribution in [1.82, 2.24) is 4.98 Å². The van der Waals surface area contributed by atoms with Gasteiger partial charge in [0.15, 0.2) is 0 Å². The van der Waals surface area contributed by atoms with Gasteiger partial charge in [-0.1, -0.05) is 12.1 Å². The zero-order valence-corrected chi connectivity index (χ0v) is 9.40. The van der Waals surface area contributed by atoms with Crippen molar-refractivity contribution >= 4 is 16.9 Å². The Morgan fingerprint density at radius 1 is 1.41 bits per heavy atom. The molecular formula is C12H11NO4. The van der Waals surface area contributed by atoms with E-state index in [4.69, 9.17) is 9.84 Å². The van der Waals surface area contributed by atoms with E-state index in [2.05, 4.69) is 4.98 Å². The lowest BCUT2D eigenvalue weighted by atomic mass is 10.0. The average molecular weight is 233 g/mol. The topological polar surface area (TPSA) is 79.4 Å². The standard InChI is InChI=1S/C12H11NO4/c1-6-7-4-3-5-8(17-2)10(7)13-11(14)9(6)12(15)16/h3-5H,1-2H3,(H,13,14)(H,15,16). The first kappa shape index (κ1) is 11.2. The number of aromatic carboxylic acids is 1. The van der Waals surface area contributed by atoms with E-state index in [1.807, 2.05) is 0 Å². The zero-order chi connectivity index (χ0) is 12.6. The van der Waals surface area contributed by atoms with E-state index < -0.39 is 11.5 Å². The molecule has 0 aliphatic heterocycles. The van der Waals surface area contributed by atoms with Gasteiger partial charge in [0.25, 0.3) is 5.56 Å². The molecule has 1 heterocycles. The molecule has 0 amide bonds. The Morgan fingerprint density at radius 2 is 2.12 bits per heavy atom. The number of H-pyrrole nitrogens is 1. The number of aromatic nitrogens is 1. The number of carboxylic acid groups (broad SMARTS) is 1. The van der Waals surface area contributed by atoms with E-state index in [9.17, 15) is 9.59 Å². The summed E-state index contributed by atoms with van der Waals surface area (Å²) in [6, 6.07) is 5.20. The molecule has 0 spiro atoms. The molecule has 0 saturated heterocycles. The first-order chi connectivity index (χ1) is 8.06. The molecule has 2 aromatic rings. The first-order valence-corrected chi connectivity index (χ1v) is 4.99. The number of nitrogens with one attached hydrogen (secondary N) is 1. The van der Waals surface area contributed by atoms with Crippen molar-refractivity contribution in [3.05, 3.63) is 39.7 Å².